The van der Waals surface area contributed by atoms with Crippen molar-refractivity contribution in [1.29, 1.82) is 0 Å². The van der Waals surface area contributed by atoms with Gasteiger partial charge in [-0.15, -0.1) is 0 Å². The number of nitrogens with one attached hydrogen (secondary N) is 1. The zero-order valence-corrected chi connectivity index (χ0v) is 11.4. The molecule has 19 heavy (non-hydrogen) atoms. The number of fused-ring (bicyclic) bond motifs is 2. The van der Waals surface area contributed by atoms with Gasteiger partial charge in [0.2, 0.25) is 0 Å². The third-order valence-electron chi connectivity index (χ3n) is 5.27. The molecular weight excluding hydrogens is 236 g/mol. The first kappa shape index (κ1) is 11.7. The van der Waals surface area contributed by atoms with Gasteiger partial charge in [0, 0.05) is 23.6 Å². The van der Waals surface area contributed by atoms with Crippen LogP contribution in [0.5, 0.6) is 5.75 Å². The van der Waals surface area contributed by atoms with Crippen molar-refractivity contribution in [2.24, 2.45) is 0 Å². The Balaban J connectivity index is 1.51. The molecule has 1 unspecified atom stereocenters. The summed E-state index contributed by atoms with van der Waals surface area (Å²) in [6.45, 7) is 5.72. The van der Waals surface area contributed by atoms with Gasteiger partial charge in [-0.3, -0.25) is 4.90 Å². The van der Waals surface area contributed by atoms with E-state index in [1.165, 1.54) is 51.0 Å². The average molecular weight is 258 g/mol. The van der Waals surface area contributed by atoms with Crippen LogP contribution in [0.15, 0.2) is 24.3 Å². The lowest BCUT2D eigenvalue weighted by Crippen LogP contribution is -2.48. The SMILES string of the molecule is c1ccc2c(c1)OCC21CCN(C2CCNC2)CC1. The first-order valence-electron chi connectivity index (χ1n) is 7.55. The molecular formula is C16H22N2O. The van der Waals surface area contributed by atoms with E-state index in [4.69, 9.17) is 4.74 Å². The Hall–Kier alpha value is -1.06. The zero-order valence-electron chi connectivity index (χ0n) is 11.4. The minimum absolute atomic E-state index is 0.305. The molecule has 3 aliphatic heterocycles. The Bertz CT molecular complexity index is 460. The molecule has 2 saturated heterocycles. The second kappa shape index (κ2) is 4.50. The Morgan fingerprint density at radius 1 is 1.21 bits per heavy atom. The normalized spacial score (nSPS) is 29.4. The minimum Gasteiger partial charge on any atom is -0.492 e. The Kier molecular flexibility index (Phi) is 2.78. The molecule has 0 aliphatic carbocycles. The lowest BCUT2D eigenvalue weighted by molar-refractivity contribution is 0.106. The molecule has 1 spiro atoms. The molecule has 3 heterocycles. The lowest BCUT2D eigenvalue weighted by Gasteiger charge is -2.41. The summed E-state index contributed by atoms with van der Waals surface area (Å²) in [6.07, 6.45) is 3.82. The number of ether oxygens (including phenoxy) is 1. The Morgan fingerprint density at radius 2 is 2.05 bits per heavy atom. The summed E-state index contributed by atoms with van der Waals surface area (Å²) in [6, 6.07) is 9.40. The van der Waals surface area contributed by atoms with Gasteiger partial charge in [-0.25, -0.2) is 0 Å². The van der Waals surface area contributed by atoms with Crippen molar-refractivity contribution in [3.05, 3.63) is 29.8 Å². The average Bonchev–Trinajstić information content (AvgIpc) is 3.10. The van der Waals surface area contributed by atoms with Crippen LogP contribution >= 0.6 is 0 Å². The molecule has 1 aromatic carbocycles. The summed E-state index contributed by atoms with van der Waals surface area (Å²) in [4.78, 5) is 2.69. The number of piperidine rings is 1. The van der Waals surface area contributed by atoms with Crippen molar-refractivity contribution >= 4 is 0 Å². The molecule has 0 aromatic heterocycles. The third-order valence-corrected chi connectivity index (χ3v) is 5.27. The van der Waals surface area contributed by atoms with E-state index >= 15 is 0 Å². The van der Waals surface area contributed by atoms with Crippen LogP contribution in [-0.4, -0.2) is 43.7 Å². The molecule has 1 atom stereocenters. The van der Waals surface area contributed by atoms with E-state index in [1.807, 2.05) is 0 Å². The predicted octanol–water partition coefficient (Wildman–Crippen LogP) is 1.77. The van der Waals surface area contributed by atoms with E-state index < -0.39 is 0 Å². The molecule has 1 aromatic rings. The summed E-state index contributed by atoms with van der Waals surface area (Å²) >= 11 is 0. The monoisotopic (exact) mass is 258 g/mol. The minimum atomic E-state index is 0.305. The fourth-order valence-corrected chi connectivity index (χ4v) is 4.01. The van der Waals surface area contributed by atoms with E-state index in [9.17, 15) is 0 Å². The number of hydrogen-bond donors (Lipinski definition) is 1. The van der Waals surface area contributed by atoms with Crippen molar-refractivity contribution in [1.82, 2.24) is 10.2 Å². The van der Waals surface area contributed by atoms with Crippen LogP contribution in [0.4, 0.5) is 0 Å². The van der Waals surface area contributed by atoms with Crippen LogP contribution < -0.4 is 10.1 Å². The van der Waals surface area contributed by atoms with Crippen molar-refractivity contribution in [3.8, 4) is 5.75 Å². The molecule has 3 nitrogen and oxygen atoms in total. The maximum absolute atomic E-state index is 5.92. The maximum atomic E-state index is 5.92. The van der Waals surface area contributed by atoms with Gasteiger partial charge >= 0.3 is 0 Å². The zero-order chi connectivity index (χ0) is 12.7. The van der Waals surface area contributed by atoms with Crippen LogP contribution in [0.25, 0.3) is 0 Å². The highest BCUT2D eigenvalue weighted by atomic mass is 16.5. The van der Waals surface area contributed by atoms with Gasteiger partial charge < -0.3 is 10.1 Å². The Morgan fingerprint density at radius 3 is 2.84 bits per heavy atom. The van der Waals surface area contributed by atoms with Crippen molar-refractivity contribution in [2.45, 2.75) is 30.7 Å². The summed E-state index contributed by atoms with van der Waals surface area (Å²) < 4.78 is 5.92. The molecule has 4 rings (SSSR count). The molecule has 3 aliphatic rings. The van der Waals surface area contributed by atoms with Crippen molar-refractivity contribution in [3.63, 3.8) is 0 Å². The van der Waals surface area contributed by atoms with Crippen LogP contribution in [0.1, 0.15) is 24.8 Å². The molecule has 1 N–H and O–H groups in total. The summed E-state index contributed by atoms with van der Waals surface area (Å²) in [5.74, 6) is 1.12. The fraction of sp³-hybridized carbons (Fsp3) is 0.625. The topological polar surface area (TPSA) is 24.5 Å². The molecule has 0 amide bonds. The van der Waals surface area contributed by atoms with Crippen LogP contribution in [-0.2, 0) is 5.41 Å². The molecule has 2 fully saturated rings. The standard InChI is InChI=1S/C16H22N2O/c1-2-4-15-14(3-1)16(12-19-15)6-9-18(10-7-16)13-5-8-17-11-13/h1-4,13,17H,5-12H2. The number of rotatable bonds is 1. The van der Waals surface area contributed by atoms with Crippen LogP contribution in [0.2, 0.25) is 0 Å². The highest BCUT2D eigenvalue weighted by Gasteiger charge is 2.43. The maximum Gasteiger partial charge on any atom is 0.123 e. The number of nitrogens with zero attached hydrogens (tertiary/aromatic N) is 1. The van der Waals surface area contributed by atoms with Gasteiger partial charge in [0.05, 0.1) is 6.61 Å². The van der Waals surface area contributed by atoms with E-state index in [0.717, 1.165) is 18.4 Å². The van der Waals surface area contributed by atoms with Crippen LogP contribution in [0.3, 0.4) is 0 Å². The van der Waals surface area contributed by atoms with Gasteiger partial charge in [0.25, 0.3) is 0 Å². The summed E-state index contributed by atoms with van der Waals surface area (Å²) in [7, 11) is 0. The largest absolute Gasteiger partial charge is 0.492 e. The molecule has 0 radical (unpaired) electrons. The smallest absolute Gasteiger partial charge is 0.123 e. The summed E-state index contributed by atoms with van der Waals surface area (Å²) in [5, 5.41) is 3.48. The molecule has 0 bridgehead atoms. The number of hydrogen-bond acceptors (Lipinski definition) is 3. The van der Waals surface area contributed by atoms with E-state index in [1.54, 1.807) is 0 Å². The van der Waals surface area contributed by atoms with Gasteiger partial charge in [-0.05, 0) is 45.0 Å². The van der Waals surface area contributed by atoms with Gasteiger partial charge in [-0.2, -0.15) is 0 Å². The van der Waals surface area contributed by atoms with E-state index in [-0.39, 0.29) is 0 Å². The number of likely N-dealkylation sites (tertiary alicyclic amines) is 1. The molecule has 102 valence electrons. The quantitative estimate of drug-likeness (QED) is 0.831. The Labute approximate surface area is 114 Å². The second-order valence-corrected chi connectivity index (χ2v) is 6.25. The second-order valence-electron chi connectivity index (χ2n) is 6.25. The van der Waals surface area contributed by atoms with Gasteiger partial charge in [0.15, 0.2) is 0 Å². The number of para-hydroxylation sites is 1. The molecule has 0 saturated carbocycles. The van der Waals surface area contributed by atoms with Crippen molar-refractivity contribution < 1.29 is 4.74 Å². The highest BCUT2D eigenvalue weighted by molar-refractivity contribution is 5.44. The molecule has 3 heteroatoms. The third kappa shape index (κ3) is 1.87. The highest BCUT2D eigenvalue weighted by Crippen LogP contribution is 2.45. The first-order valence-corrected chi connectivity index (χ1v) is 7.55. The van der Waals surface area contributed by atoms with E-state index in [0.29, 0.717) is 5.41 Å². The van der Waals surface area contributed by atoms with Gasteiger partial charge in [0.1, 0.15) is 5.75 Å². The number of benzene rings is 1. The fourth-order valence-electron chi connectivity index (χ4n) is 4.01. The van der Waals surface area contributed by atoms with E-state index in [2.05, 4.69) is 34.5 Å². The van der Waals surface area contributed by atoms with Crippen molar-refractivity contribution in [2.75, 3.05) is 32.8 Å². The summed E-state index contributed by atoms with van der Waals surface area (Å²) in [5.41, 5.74) is 1.76. The first-order chi connectivity index (χ1) is 9.37. The van der Waals surface area contributed by atoms with Gasteiger partial charge in [-0.1, -0.05) is 18.2 Å². The van der Waals surface area contributed by atoms with Crippen LogP contribution in [0, 0.1) is 0 Å². The predicted molar refractivity (Wildman–Crippen MR) is 75.7 cm³/mol. The lowest BCUT2D eigenvalue weighted by atomic mass is 9.74.